The van der Waals surface area contributed by atoms with E-state index in [0.29, 0.717) is 13.2 Å². The topological polar surface area (TPSA) is 93.1 Å². The van der Waals surface area contributed by atoms with Crippen LogP contribution in [-0.2, 0) is 19.4 Å². The minimum atomic E-state index is -0.710. The number of aliphatic carboxylic acids is 2. The van der Waals surface area contributed by atoms with E-state index in [1.54, 1.807) is 0 Å². The number of hydrogen-bond donors (Lipinski definition) is 2. The number of carboxylic acids is 2. The third-order valence-corrected chi connectivity index (χ3v) is 3.82. The highest BCUT2D eigenvalue weighted by atomic mass is 17.2. The fourth-order valence-corrected chi connectivity index (χ4v) is 2.41. The second kappa shape index (κ2) is 18.2. The van der Waals surface area contributed by atoms with Crippen molar-refractivity contribution in [2.75, 3.05) is 13.2 Å². The van der Waals surface area contributed by atoms with Crippen molar-refractivity contribution >= 4 is 11.9 Å². The maximum atomic E-state index is 10.3. The highest BCUT2D eigenvalue weighted by Crippen LogP contribution is 2.08. The zero-order valence-electron chi connectivity index (χ0n) is 14.8. The van der Waals surface area contributed by atoms with Gasteiger partial charge in [-0.3, -0.25) is 9.59 Å². The molecule has 0 bridgehead atoms. The predicted molar refractivity (Wildman–Crippen MR) is 91.8 cm³/mol. The average Bonchev–Trinajstić information content (AvgIpc) is 2.53. The van der Waals surface area contributed by atoms with Crippen LogP contribution in [0.25, 0.3) is 0 Å². The van der Waals surface area contributed by atoms with Crippen LogP contribution in [0.5, 0.6) is 0 Å². The van der Waals surface area contributed by atoms with E-state index in [1.807, 2.05) is 0 Å². The lowest BCUT2D eigenvalue weighted by atomic mass is 10.1. The molecule has 0 aromatic heterocycles. The first-order chi connectivity index (χ1) is 11.6. The Morgan fingerprint density at radius 3 is 1.12 bits per heavy atom. The van der Waals surface area contributed by atoms with Crippen LogP contribution in [0, 0.1) is 0 Å². The van der Waals surface area contributed by atoms with E-state index in [2.05, 4.69) is 0 Å². The smallest absolute Gasteiger partial charge is 0.303 e. The molecule has 0 saturated heterocycles. The van der Waals surface area contributed by atoms with Crippen molar-refractivity contribution in [1.29, 1.82) is 0 Å². The molecule has 0 unspecified atom stereocenters. The summed E-state index contributed by atoms with van der Waals surface area (Å²) >= 11 is 0. The van der Waals surface area contributed by atoms with Crippen LogP contribution in [0.15, 0.2) is 0 Å². The molecule has 0 amide bonds. The van der Waals surface area contributed by atoms with Crippen LogP contribution in [-0.4, -0.2) is 35.4 Å². The Hall–Kier alpha value is -1.14. The van der Waals surface area contributed by atoms with E-state index in [4.69, 9.17) is 20.0 Å². The molecule has 6 nitrogen and oxygen atoms in total. The van der Waals surface area contributed by atoms with Gasteiger partial charge in [0.15, 0.2) is 0 Å². The number of unbranched alkanes of at least 4 members (excludes halogenated alkanes) is 10. The van der Waals surface area contributed by atoms with Crippen LogP contribution in [0.2, 0.25) is 0 Å². The monoisotopic (exact) mass is 346 g/mol. The van der Waals surface area contributed by atoms with Crippen LogP contribution in [0.4, 0.5) is 0 Å². The summed E-state index contributed by atoms with van der Waals surface area (Å²) < 4.78 is 0. The van der Waals surface area contributed by atoms with Crippen LogP contribution >= 0.6 is 0 Å². The lowest BCUT2D eigenvalue weighted by Crippen LogP contribution is -1.99. The Bertz CT molecular complexity index is 276. The van der Waals surface area contributed by atoms with Crippen molar-refractivity contribution in [2.45, 2.75) is 89.9 Å². The normalized spacial score (nSPS) is 10.8. The molecule has 0 radical (unpaired) electrons. The van der Waals surface area contributed by atoms with Gasteiger partial charge in [0.05, 0.1) is 13.2 Å². The van der Waals surface area contributed by atoms with Gasteiger partial charge in [0, 0.05) is 12.8 Å². The van der Waals surface area contributed by atoms with Gasteiger partial charge in [0.2, 0.25) is 0 Å². The molecule has 0 aromatic carbocycles. The van der Waals surface area contributed by atoms with Gasteiger partial charge < -0.3 is 10.2 Å². The van der Waals surface area contributed by atoms with Gasteiger partial charge in [-0.05, 0) is 25.7 Å². The van der Waals surface area contributed by atoms with E-state index < -0.39 is 11.9 Å². The molecule has 0 aliphatic carbocycles. The van der Waals surface area contributed by atoms with Gasteiger partial charge in [-0.15, -0.1) is 0 Å². The largest absolute Gasteiger partial charge is 0.481 e. The maximum absolute atomic E-state index is 10.3. The molecule has 0 fully saturated rings. The fourth-order valence-electron chi connectivity index (χ4n) is 2.41. The molecule has 0 saturated carbocycles. The number of carbonyl (C=O) groups is 2. The van der Waals surface area contributed by atoms with Crippen LogP contribution < -0.4 is 0 Å². The van der Waals surface area contributed by atoms with Crippen molar-refractivity contribution in [1.82, 2.24) is 0 Å². The molecular formula is C18H34O6. The highest BCUT2D eigenvalue weighted by Gasteiger charge is 1.98. The molecule has 0 heterocycles. The van der Waals surface area contributed by atoms with Gasteiger partial charge in [0.25, 0.3) is 0 Å². The van der Waals surface area contributed by atoms with E-state index >= 15 is 0 Å². The van der Waals surface area contributed by atoms with Crippen molar-refractivity contribution in [3.05, 3.63) is 0 Å². The van der Waals surface area contributed by atoms with Crippen molar-refractivity contribution in [3.63, 3.8) is 0 Å². The highest BCUT2D eigenvalue weighted by molar-refractivity contribution is 5.66. The predicted octanol–water partition coefficient (Wildman–Crippen LogP) is 4.57. The minimum absolute atomic E-state index is 0.277. The standard InChI is InChI=1S/C18H34O6/c19-17(20)13-9-5-1-3-7-11-15-23-24-16-12-8-4-2-6-10-14-18(21)22/h1-16H2,(H,19,20)(H,21,22). The Kier molecular flexibility index (Phi) is 17.3. The summed E-state index contributed by atoms with van der Waals surface area (Å²) in [7, 11) is 0. The lowest BCUT2D eigenvalue weighted by Gasteiger charge is -2.04. The van der Waals surface area contributed by atoms with Gasteiger partial charge in [-0.1, -0.05) is 51.4 Å². The first kappa shape index (κ1) is 22.9. The van der Waals surface area contributed by atoms with Gasteiger partial charge in [-0.25, -0.2) is 9.78 Å². The summed E-state index contributed by atoms with van der Waals surface area (Å²) in [5, 5.41) is 17.0. The molecule has 142 valence electrons. The Balaban J connectivity index is 3.00. The summed E-state index contributed by atoms with van der Waals surface area (Å²) in [6.07, 6.45) is 12.6. The molecular weight excluding hydrogens is 312 g/mol. The Labute approximate surface area is 145 Å². The third kappa shape index (κ3) is 20.9. The summed E-state index contributed by atoms with van der Waals surface area (Å²) in [6.45, 7) is 1.23. The molecule has 0 aliphatic rings. The molecule has 24 heavy (non-hydrogen) atoms. The fraction of sp³-hybridized carbons (Fsp3) is 0.889. The second-order valence-electron chi connectivity index (χ2n) is 6.17. The summed E-state index contributed by atoms with van der Waals surface area (Å²) in [4.78, 5) is 30.9. The van der Waals surface area contributed by atoms with E-state index in [1.165, 1.54) is 0 Å². The Morgan fingerprint density at radius 2 is 0.792 bits per heavy atom. The summed E-state index contributed by atoms with van der Waals surface area (Å²) in [5.74, 6) is -1.42. The second-order valence-corrected chi connectivity index (χ2v) is 6.17. The van der Waals surface area contributed by atoms with Crippen LogP contribution in [0.1, 0.15) is 89.9 Å². The third-order valence-electron chi connectivity index (χ3n) is 3.82. The SMILES string of the molecule is O=C(O)CCCCCCCCOOCCCCCCCCC(=O)O. The maximum Gasteiger partial charge on any atom is 0.303 e. The Morgan fingerprint density at radius 1 is 0.500 bits per heavy atom. The number of carboxylic acid groups (broad SMARTS) is 2. The minimum Gasteiger partial charge on any atom is -0.481 e. The van der Waals surface area contributed by atoms with E-state index in [0.717, 1.165) is 77.0 Å². The summed E-state index contributed by atoms with van der Waals surface area (Å²) in [6, 6.07) is 0. The number of rotatable bonds is 19. The molecule has 2 N–H and O–H groups in total. The van der Waals surface area contributed by atoms with E-state index in [-0.39, 0.29) is 12.8 Å². The first-order valence-corrected chi connectivity index (χ1v) is 9.31. The summed E-state index contributed by atoms with van der Waals surface area (Å²) in [5.41, 5.74) is 0. The molecule has 0 aliphatic heterocycles. The quantitative estimate of drug-likeness (QED) is 0.202. The van der Waals surface area contributed by atoms with Gasteiger partial charge >= 0.3 is 11.9 Å². The lowest BCUT2D eigenvalue weighted by molar-refractivity contribution is -0.295. The van der Waals surface area contributed by atoms with Crippen molar-refractivity contribution < 1.29 is 29.6 Å². The molecule has 0 spiro atoms. The van der Waals surface area contributed by atoms with Crippen molar-refractivity contribution in [3.8, 4) is 0 Å². The van der Waals surface area contributed by atoms with E-state index in [9.17, 15) is 9.59 Å². The molecule has 6 heteroatoms. The first-order valence-electron chi connectivity index (χ1n) is 9.31. The molecule has 0 rings (SSSR count). The molecule has 0 aromatic rings. The van der Waals surface area contributed by atoms with Gasteiger partial charge in [-0.2, -0.15) is 0 Å². The zero-order valence-corrected chi connectivity index (χ0v) is 14.8. The van der Waals surface area contributed by atoms with Gasteiger partial charge in [0.1, 0.15) is 0 Å². The van der Waals surface area contributed by atoms with Crippen molar-refractivity contribution in [2.24, 2.45) is 0 Å². The molecule has 0 atom stereocenters. The van der Waals surface area contributed by atoms with Crippen LogP contribution in [0.3, 0.4) is 0 Å². The zero-order chi connectivity index (χ0) is 17.9. The average molecular weight is 346 g/mol. The number of hydrogen-bond acceptors (Lipinski definition) is 4.